The molecule has 7 nitrogen and oxygen atoms in total. The van der Waals surface area contributed by atoms with Crippen LogP contribution in [0, 0.1) is 0 Å². The van der Waals surface area contributed by atoms with Gasteiger partial charge in [0.15, 0.2) is 0 Å². The predicted octanol–water partition coefficient (Wildman–Crippen LogP) is 1.81. The zero-order valence-electron chi connectivity index (χ0n) is 11.2. The van der Waals surface area contributed by atoms with E-state index in [1.165, 1.54) is 0 Å². The van der Waals surface area contributed by atoms with E-state index in [9.17, 15) is 5.11 Å². The molecule has 2 aromatic rings. The van der Waals surface area contributed by atoms with Crippen molar-refractivity contribution in [3.8, 4) is 5.75 Å². The molecule has 1 saturated heterocycles. The van der Waals surface area contributed by atoms with Gasteiger partial charge in [-0.25, -0.2) is 0 Å². The Hall–Kier alpha value is -2.12. The molecule has 8 heteroatoms. The van der Waals surface area contributed by atoms with E-state index in [-0.39, 0.29) is 17.0 Å². The van der Waals surface area contributed by atoms with Crippen LogP contribution in [0.25, 0.3) is 0 Å². The van der Waals surface area contributed by atoms with E-state index in [1.807, 2.05) is 4.90 Å². The standard InChI is InChI=1S/C13H14ClN5O2/c14-11-16-12(15-9-3-1-2-4-10(9)20)18-13(17-11)19-5-7-21-8-6-19/h1-4,20H,5-8H2,(H,15,16,17,18). The second-order valence-corrected chi connectivity index (χ2v) is 4.81. The quantitative estimate of drug-likeness (QED) is 0.837. The Kier molecular flexibility index (Phi) is 4.03. The molecule has 0 spiro atoms. The van der Waals surface area contributed by atoms with E-state index >= 15 is 0 Å². The fraction of sp³-hybridized carbons (Fsp3) is 0.308. The van der Waals surface area contributed by atoms with Crippen molar-refractivity contribution in [1.82, 2.24) is 15.0 Å². The maximum Gasteiger partial charge on any atom is 0.233 e. The first-order chi connectivity index (χ1) is 10.2. The highest BCUT2D eigenvalue weighted by Gasteiger charge is 2.16. The number of hydrogen-bond acceptors (Lipinski definition) is 7. The number of halogens is 1. The van der Waals surface area contributed by atoms with Crippen LogP contribution in [-0.4, -0.2) is 46.4 Å². The molecule has 1 aromatic carbocycles. The van der Waals surface area contributed by atoms with Gasteiger partial charge in [-0.2, -0.15) is 15.0 Å². The normalized spacial score (nSPS) is 15.0. The third-order valence-corrected chi connectivity index (χ3v) is 3.21. The average molecular weight is 308 g/mol. The van der Waals surface area contributed by atoms with Gasteiger partial charge in [0.2, 0.25) is 17.2 Å². The van der Waals surface area contributed by atoms with Crippen LogP contribution in [0.1, 0.15) is 0 Å². The van der Waals surface area contributed by atoms with Gasteiger partial charge < -0.3 is 20.1 Å². The Labute approximate surface area is 126 Å². The highest BCUT2D eigenvalue weighted by atomic mass is 35.5. The number of rotatable bonds is 3. The molecule has 110 valence electrons. The molecule has 3 rings (SSSR count). The van der Waals surface area contributed by atoms with Gasteiger partial charge in [0, 0.05) is 13.1 Å². The van der Waals surface area contributed by atoms with Crippen molar-refractivity contribution in [3.63, 3.8) is 0 Å². The number of phenols is 1. The van der Waals surface area contributed by atoms with Crippen molar-refractivity contribution >= 4 is 29.2 Å². The molecule has 0 aliphatic carbocycles. The summed E-state index contributed by atoms with van der Waals surface area (Å²) in [6.45, 7) is 2.67. The number of benzene rings is 1. The number of nitrogens with one attached hydrogen (secondary N) is 1. The van der Waals surface area contributed by atoms with Crippen LogP contribution in [0.3, 0.4) is 0 Å². The van der Waals surface area contributed by atoms with Crippen LogP contribution in [0.15, 0.2) is 24.3 Å². The summed E-state index contributed by atoms with van der Waals surface area (Å²) in [5.74, 6) is 0.899. The number of para-hydroxylation sites is 2. The molecule has 21 heavy (non-hydrogen) atoms. The van der Waals surface area contributed by atoms with E-state index in [1.54, 1.807) is 24.3 Å². The number of hydrogen-bond donors (Lipinski definition) is 2. The van der Waals surface area contributed by atoms with Gasteiger partial charge in [-0.15, -0.1) is 0 Å². The minimum absolute atomic E-state index is 0.101. The molecule has 1 aromatic heterocycles. The Morgan fingerprint density at radius 2 is 1.90 bits per heavy atom. The van der Waals surface area contributed by atoms with Crippen LogP contribution in [0.5, 0.6) is 5.75 Å². The Morgan fingerprint density at radius 3 is 2.67 bits per heavy atom. The molecule has 1 fully saturated rings. The summed E-state index contributed by atoms with van der Waals surface area (Å²) in [6, 6.07) is 6.84. The Balaban J connectivity index is 1.85. The van der Waals surface area contributed by atoms with E-state index in [0.29, 0.717) is 37.9 Å². The molecule has 0 saturated carbocycles. The molecule has 0 atom stereocenters. The summed E-state index contributed by atoms with van der Waals surface area (Å²) in [7, 11) is 0. The monoisotopic (exact) mass is 307 g/mol. The second-order valence-electron chi connectivity index (χ2n) is 4.47. The van der Waals surface area contributed by atoms with Crippen molar-refractivity contribution in [1.29, 1.82) is 0 Å². The van der Waals surface area contributed by atoms with Gasteiger partial charge in [0.05, 0.1) is 18.9 Å². The minimum Gasteiger partial charge on any atom is -0.506 e. The van der Waals surface area contributed by atoms with Gasteiger partial charge in [0.1, 0.15) is 5.75 Å². The maximum atomic E-state index is 9.77. The number of anilines is 3. The Bertz CT molecular complexity index is 634. The number of phenolic OH excluding ortho intramolecular Hbond substituents is 1. The first-order valence-corrected chi connectivity index (χ1v) is 6.89. The SMILES string of the molecule is Oc1ccccc1Nc1nc(Cl)nc(N2CCOCC2)n1. The van der Waals surface area contributed by atoms with Crippen LogP contribution in [0.4, 0.5) is 17.6 Å². The number of morpholine rings is 1. The van der Waals surface area contributed by atoms with Gasteiger partial charge in [-0.1, -0.05) is 12.1 Å². The lowest BCUT2D eigenvalue weighted by Crippen LogP contribution is -2.37. The number of ether oxygens (including phenoxy) is 1. The van der Waals surface area contributed by atoms with Gasteiger partial charge >= 0.3 is 0 Å². The maximum absolute atomic E-state index is 9.77. The molecule has 2 heterocycles. The molecule has 0 bridgehead atoms. The van der Waals surface area contributed by atoms with E-state index in [4.69, 9.17) is 16.3 Å². The van der Waals surface area contributed by atoms with Gasteiger partial charge in [-0.3, -0.25) is 0 Å². The summed E-state index contributed by atoms with van der Waals surface area (Å²) in [5, 5.41) is 12.8. The molecule has 1 aliphatic rings. The summed E-state index contributed by atoms with van der Waals surface area (Å²) >= 11 is 5.95. The minimum atomic E-state index is 0.101. The highest BCUT2D eigenvalue weighted by molar-refractivity contribution is 6.28. The smallest absolute Gasteiger partial charge is 0.233 e. The molecule has 0 amide bonds. The highest BCUT2D eigenvalue weighted by Crippen LogP contribution is 2.25. The van der Waals surface area contributed by atoms with E-state index in [0.717, 1.165) is 0 Å². The lowest BCUT2D eigenvalue weighted by Gasteiger charge is -2.26. The molecule has 2 N–H and O–H groups in total. The largest absolute Gasteiger partial charge is 0.506 e. The molecular formula is C13H14ClN5O2. The van der Waals surface area contributed by atoms with Crippen LogP contribution in [-0.2, 0) is 4.74 Å². The zero-order chi connectivity index (χ0) is 14.7. The summed E-state index contributed by atoms with van der Waals surface area (Å²) in [5.41, 5.74) is 0.507. The first-order valence-electron chi connectivity index (χ1n) is 6.51. The molecule has 1 aliphatic heterocycles. The van der Waals surface area contributed by atoms with E-state index in [2.05, 4.69) is 20.3 Å². The summed E-state index contributed by atoms with van der Waals surface area (Å²) < 4.78 is 5.30. The van der Waals surface area contributed by atoms with Crippen LogP contribution < -0.4 is 10.2 Å². The third kappa shape index (κ3) is 3.32. The second kappa shape index (κ2) is 6.11. The first kappa shape index (κ1) is 13.8. The predicted molar refractivity (Wildman–Crippen MR) is 79.3 cm³/mol. The van der Waals surface area contributed by atoms with Crippen LogP contribution in [0.2, 0.25) is 5.28 Å². The number of nitrogens with zero attached hydrogens (tertiary/aromatic N) is 4. The van der Waals surface area contributed by atoms with Crippen molar-refractivity contribution in [3.05, 3.63) is 29.5 Å². The third-order valence-electron chi connectivity index (χ3n) is 3.04. The topological polar surface area (TPSA) is 83.4 Å². The van der Waals surface area contributed by atoms with Crippen molar-refractivity contribution in [2.45, 2.75) is 0 Å². The fourth-order valence-corrected chi connectivity index (χ4v) is 2.16. The molecular weight excluding hydrogens is 294 g/mol. The molecule has 0 radical (unpaired) electrons. The van der Waals surface area contributed by atoms with Gasteiger partial charge in [0.25, 0.3) is 0 Å². The Morgan fingerprint density at radius 1 is 1.14 bits per heavy atom. The fourth-order valence-electron chi connectivity index (χ4n) is 2.00. The van der Waals surface area contributed by atoms with Gasteiger partial charge in [-0.05, 0) is 23.7 Å². The number of aromatic nitrogens is 3. The summed E-state index contributed by atoms with van der Waals surface area (Å²) in [4.78, 5) is 14.5. The average Bonchev–Trinajstić information content (AvgIpc) is 2.50. The lowest BCUT2D eigenvalue weighted by molar-refractivity contribution is 0.122. The molecule has 0 unspecified atom stereocenters. The number of aromatic hydroxyl groups is 1. The van der Waals surface area contributed by atoms with Crippen molar-refractivity contribution < 1.29 is 9.84 Å². The lowest BCUT2D eigenvalue weighted by atomic mass is 10.3. The van der Waals surface area contributed by atoms with Crippen molar-refractivity contribution in [2.24, 2.45) is 0 Å². The zero-order valence-corrected chi connectivity index (χ0v) is 11.9. The van der Waals surface area contributed by atoms with Crippen molar-refractivity contribution in [2.75, 3.05) is 36.5 Å². The van der Waals surface area contributed by atoms with Crippen LogP contribution >= 0.6 is 11.6 Å². The van der Waals surface area contributed by atoms with E-state index < -0.39 is 0 Å². The summed E-state index contributed by atoms with van der Waals surface area (Å²) in [6.07, 6.45) is 0.